The third kappa shape index (κ3) is 5.46. The van der Waals surface area contributed by atoms with Crippen molar-refractivity contribution >= 4 is 29.8 Å². The molecule has 5 aromatic carbocycles. The van der Waals surface area contributed by atoms with Crippen LogP contribution in [0.3, 0.4) is 0 Å². The highest BCUT2D eigenvalue weighted by Gasteiger charge is 2.34. The van der Waals surface area contributed by atoms with Crippen LogP contribution in [0.25, 0.3) is 50.7 Å². The Morgan fingerprint density at radius 2 is 1.40 bits per heavy atom. The summed E-state index contributed by atoms with van der Waals surface area (Å²) in [7, 11) is 1.06. The van der Waals surface area contributed by atoms with Gasteiger partial charge in [0, 0.05) is 38.6 Å². The van der Waals surface area contributed by atoms with E-state index in [1.165, 1.54) is 22.2 Å². The number of hydrogen-bond donors (Lipinski definition) is 1. The van der Waals surface area contributed by atoms with E-state index in [1.807, 2.05) is 12.1 Å². The predicted molar refractivity (Wildman–Crippen MR) is 225 cm³/mol. The maximum Gasteiger partial charge on any atom is 0.167 e. The second-order valence-corrected chi connectivity index (χ2v) is 14.8. The lowest BCUT2D eigenvalue weighted by Crippen LogP contribution is -2.42. The minimum atomic E-state index is -0.0336. The van der Waals surface area contributed by atoms with Gasteiger partial charge in [-0.3, -0.25) is 0 Å². The summed E-state index contributed by atoms with van der Waals surface area (Å²) in [4.78, 5) is 10.4. The molecule has 3 unspecified atom stereocenters. The van der Waals surface area contributed by atoms with E-state index in [9.17, 15) is 0 Å². The third-order valence-corrected chi connectivity index (χ3v) is 11.6. The molecule has 5 heteroatoms. The van der Waals surface area contributed by atoms with Gasteiger partial charge in [0.05, 0.1) is 17.1 Å². The average Bonchev–Trinajstić information content (AvgIpc) is 3.70. The molecule has 0 saturated heterocycles. The number of nitrogens with zero attached hydrogens (tertiary/aromatic N) is 2. The van der Waals surface area contributed by atoms with Crippen molar-refractivity contribution < 1.29 is 4.74 Å². The summed E-state index contributed by atoms with van der Waals surface area (Å²) in [6.45, 7) is 0. The Balaban J connectivity index is 0.990. The minimum Gasteiger partial charge on any atom is -0.458 e. The van der Waals surface area contributed by atoms with Crippen molar-refractivity contribution in [2.24, 2.45) is 0 Å². The Morgan fingerprint density at radius 1 is 0.636 bits per heavy atom. The number of para-hydroxylation sites is 1. The standard InChI is InChI=1S/C50H36BN3O/c1-2-4-14-33(13-3-1)50-52-43(30-44(53-50)35-16-11-15-34(29-35)36-21-12-22-38-37-17-7-9-23-42(37)51-46(36)38)31-25-27-32(28-26-31)47-39-18-5-6-19-40(39)49-48(54-47)41-20-8-10-24-45(41)55-49/h1-3,5-30,37,42,48,51,54H,4H2. The molecule has 11 rings (SSSR count). The summed E-state index contributed by atoms with van der Waals surface area (Å²) in [6.07, 6.45) is 20.6. The highest BCUT2D eigenvalue weighted by Crippen LogP contribution is 2.42. The number of hydrogen-bond acceptors (Lipinski definition) is 4. The SMILES string of the molecule is B1c2c(-c3cccc(-c4cc(-c5ccc(C6=c7ccccc7=C7Oc8ccccc8C7N6)cc5)nc(C5=CCC=CC=C5)n4)c3)cccc2C2C=CC=CC12. The quantitative estimate of drug-likeness (QED) is 0.183. The summed E-state index contributed by atoms with van der Waals surface area (Å²) in [6, 6.07) is 43.4. The lowest BCUT2D eigenvalue weighted by molar-refractivity contribution is 0.501. The van der Waals surface area contributed by atoms with Gasteiger partial charge in [-0.15, -0.1) is 0 Å². The second kappa shape index (κ2) is 13.0. The van der Waals surface area contributed by atoms with Crippen LogP contribution in [0, 0.1) is 0 Å². The maximum absolute atomic E-state index is 6.40. The van der Waals surface area contributed by atoms with Gasteiger partial charge >= 0.3 is 0 Å². The molecule has 0 spiro atoms. The zero-order valence-corrected chi connectivity index (χ0v) is 30.2. The Labute approximate surface area is 321 Å². The summed E-state index contributed by atoms with van der Waals surface area (Å²) < 4.78 is 6.40. The molecule has 6 aromatic rings. The van der Waals surface area contributed by atoms with Crippen LogP contribution in [-0.4, -0.2) is 17.2 Å². The lowest BCUT2D eigenvalue weighted by Gasteiger charge is -2.23. The van der Waals surface area contributed by atoms with Gasteiger partial charge in [-0.1, -0.05) is 163 Å². The molecule has 55 heavy (non-hydrogen) atoms. The zero-order valence-electron chi connectivity index (χ0n) is 30.2. The van der Waals surface area contributed by atoms with Crippen LogP contribution in [0.15, 0.2) is 176 Å². The first-order chi connectivity index (χ1) is 27.2. The first kappa shape index (κ1) is 31.8. The summed E-state index contributed by atoms with van der Waals surface area (Å²) >= 11 is 0. The first-order valence-electron chi connectivity index (χ1n) is 19.2. The van der Waals surface area contributed by atoms with Crippen molar-refractivity contribution in [2.75, 3.05) is 0 Å². The number of ether oxygens (including phenoxy) is 1. The van der Waals surface area contributed by atoms with Crippen molar-refractivity contribution in [3.63, 3.8) is 0 Å². The topological polar surface area (TPSA) is 47.0 Å². The van der Waals surface area contributed by atoms with Crippen LogP contribution in [0.1, 0.15) is 40.9 Å². The van der Waals surface area contributed by atoms with E-state index in [2.05, 4.69) is 169 Å². The Kier molecular flexibility index (Phi) is 7.51. The van der Waals surface area contributed by atoms with Crippen molar-refractivity contribution in [1.82, 2.24) is 15.3 Å². The molecule has 1 aromatic heterocycles. The van der Waals surface area contributed by atoms with Crippen LogP contribution in [0.2, 0.25) is 5.82 Å². The molecule has 0 fully saturated rings. The minimum absolute atomic E-state index is 0.0336. The van der Waals surface area contributed by atoms with Crippen LogP contribution < -0.4 is 26.0 Å². The van der Waals surface area contributed by atoms with E-state index >= 15 is 0 Å². The van der Waals surface area contributed by atoms with Crippen LogP contribution >= 0.6 is 0 Å². The van der Waals surface area contributed by atoms with Crippen molar-refractivity contribution in [3.05, 3.63) is 209 Å². The van der Waals surface area contributed by atoms with E-state index in [-0.39, 0.29) is 6.04 Å². The molecule has 3 atom stereocenters. The fourth-order valence-corrected chi connectivity index (χ4v) is 8.97. The normalized spacial score (nSPS) is 19.6. The summed E-state index contributed by atoms with van der Waals surface area (Å²) in [5.74, 6) is 3.60. The van der Waals surface area contributed by atoms with Gasteiger partial charge in [0.25, 0.3) is 0 Å². The van der Waals surface area contributed by atoms with Gasteiger partial charge in [-0.2, -0.15) is 0 Å². The number of rotatable bonds is 5. The highest BCUT2D eigenvalue weighted by atomic mass is 16.5. The van der Waals surface area contributed by atoms with Crippen LogP contribution in [0.5, 0.6) is 5.75 Å². The van der Waals surface area contributed by atoms with Crippen molar-refractivity contribution in [3.8, 4) is 39.4 Å². The molecule has 3 aliphatic heterocycles. The molecule has 0 radical (unpaired) electrons. The first-order valence-corrected chi connectivity index (χ1v) is 19.2. The van der Waals surface area contributed by atoms with Crippen LogP contribution in [0.4, 0.5) is 0 Å². The number of aromatic nitrogens is 2. The molecule has 260 valence electrons. The second-order valence-electron chi connectivity index (χ2n) is 14.8. The number of benzene rings is 5. The number of nitrogens with one attached hydrogen (secondary N) is 1. The van der Waals surface area contributed by atoms with Gasteiger partial charge < -0.3 is 10.1 Å². The zero-order chi connectivity index (χ0) is 36.3. The van der Waals surface area contributed by atoms with Gasteiger partial charge in [0.2, 0.25) is 0 Å². The highest BCUT2D eigenvalue weighted by molar-refractivity contribution is 6.60. The maximum atomic E-state index is 6.40. The number of allylic oxidation sites excluding steroid dienone is 10. The van der Waals surface area contributed by atoms with Gasteiger partial charge in [-0.05, 0) is 52.7 Å². The smallest absolute Gasteiger partial charge is 0.167 e. The molecule has 4 heterocycles. The van der Waals surface area contributed by atoms with E-state index in [1.54, 1.807) is 0 Å². The van der Waals surface area contributed by atoms with E-state index in [4.69, 9.17) is 14.7 Å². The van der Waals surface area contributed by atoms with Gasteiger partial charge in [-0.25, -0.2) is 9.97 Å². The Morgan fingerprint density at radius 3 is 2.33 bits per heavy atom. The van der Waals surface area contributed by atoms with Gasteiger partial charge in [0.1, 0.15) is 17.6 Å². The Bertz CT molecular complexity index is 2840. The molecule has 1 N–H and O–H groups in total. The molecule has 5 aliphatic rings. The third-order valence-electron chi connectivity index (χ3n) is 11.6. The fraction of sp³-hybridized carbons (Fsp3) is 0.0800. The molecule has 0 amide bonds. The van der Waals surface area contributed by atoms with Crippen molar-refractivity contribution in [1.29, 1.82) is 0 Å². The molecular formula is C50H36BN3O. The van der Waals surface area contributed by atoms with Gasteiger partial charge in [0.15, 0.2) is 13.1 Å². The largest absolute Gasteiger partial charge is 0.458 e. The molecule has 0 bridgehead atoms. The monoisotopic (exact) mass is 705 g/mol. The Hall–Kier alpha value is -6.72. The fourth-order valence-electron chi connectivity index (χ4n) is 8.97. The lowest BCUT2D eigenvalue weighted by atomic mass is 9.60. The predicted octanol–water partition coefficient (Wildman–Crippen LogP) is 8.45. The molecule has 0 saturated carbocycles. The summed E-state index contributed by atoms with van der Waals surface area (Å²) in [5, 5.41) is 6.10. The molecule has 4 nitrogen and oxygen atoms in total. The number of fused-ring (bicyclic) bond motifs is 7. The van der Waals surface area contributed by atoms with E-state index in [0.717, 1.165) is 86.4 Å². The average molecular weight is 706 g/mol. The van der Waals surface area contributed by atoms with Crippen molar-refractivity contribution in [2.45, 2.75) is 24.2 Å². The van der Waals surface area contributed by atoms with E-state index in [0.29, 0.717) is 11.7 Å². The van der Waals surface area contributed by atoms with E-state index < -0.39 is 0 Å². The van der Waals surface area contributed by atoms with Crippen LogP contribution in [-0.2, 0) is 0 Å². The summed E-state index contributed by atoms with van der Waals surface area (Å²) in [5.41, 5.74) is 13.8. The molecular weight excluding hydrogens is 669 g/mol. The molecule has 2 aliphatic carbocycles.